The number of methoxy groups -OCH3 is 1. The van der Waals surface area contributed by atoms with E-state index in [0.717, 1.165) is 0 Å². The predicted octanol–water partition coefficient (Wildman–Crippen LogP) is 5.57. The topological polar surface area (TPSA) is 90.1 Å². The zero-order valence-electron chi connectivity index (χ0n) is 22.8. The second kappa shape index (κ2) is 11.7. The van der Waals surface area contributed by atoms with Gasteiger partial charge in [-0.3, -0.25) is 9.48 Å². The Labute approximate surface area is 231 Å². The number of ether oxygens (including phenoxy) is 2. The quantitative estimate of drug-likeness (QED) is 0.405. The van der Waals surface area contributed by atoms with Crippen LogP contribution in [0.2, 0.25) is 0 Å². The molecule has 4 rings (SSSR count). The van der Waals surface area contributed by atoms with Gasteiger partial charge in [0, 0.05) is 30.3 Å². The Morgan fingerprint density at radius 3 is 2.52 bits per heavy atom. The van der Waals surface area contributed by atoms with Gasteiger partial charge in [-0.25, -0.2) is 18.4 Å². The number of aromatic nitrogens is 2. The summed E-state index contributed by atoms with van der Waals surface area (Å²) in [6.07, 6.45) is 2.35. The second-order valence-electron chi connectivity index (χ2n) is 10.5. The third-order valence-electron chi connectivity index (χ3n) is 6.42. The maximum Gasteiger partial charge on any atom is 0.407 e. The Kier molecular flexibility index (Phi) is 8.38. The number of benzene rings is 2. The molecule has 1 aliphatic rings. The lowest BCUT2D eigenvalue weighted by molar-refractivity contribution is -0.133. The largest absolute Gasteiger partial charge is 0.494 e. The number of amides is 2. The minimum Gasteiger partial charge on any atom is -0.494 e. The van der Waals surface area contributed by atoms with Crippen LogP contribution in [0.25, 0.3) is 27.2 Å². The van der Waals surface area contributed by atoms with Gasteiger partial charge in [0.05, 0.1) is 25.6 Å². The molecule has 1 fully saturated rings. The number of nitrogens with one attached hydrogen (secondary N) is 1. The van der Waals surface area contributed by atoms with E-state index in [0.29, 0.717) is 48.3 Å². The lowest BCUT2D eigenvalue weighted by Gasteiger charge is -2.33. The zero-order chi connectivity index (χ0) is 29.0. The van der Waals surface area contributed by atoms with E-state index in [2.05, 4.69) is 15.3 Å². The van der Waals surface area contributed by atoms with E-state index >= 15 is 0 Å². The van der Waals surface area contributed by atoms with E-state index < -0.39 is 23.3 Å². The molecule has 1 saturated heterocycles. The lowest BCUT2D eigenvalue weighted by atomic mass is 10.0. The second-order valence-corrected chi connectivity index (χ2v) is 10.5. The highest BCUT2D eigenvalue weighted by Crippen LogP contribution is 2.36. The van der Waals surface area contributed by atoms with Crippen molar-refractivity contribution in [2.75, 3.05) is 20.2 Å². The Bertz CT molecular complexity index is 1460. The van der Waals surface area contributed by atoms with Crippen LogP contribution in [0.4, 0.5) is 19.3 Å². The van der Waals surface area contributed by atoms with Gasteiger partial charge in [0.15, 0.2) is 11.6 Å². The number of nitrogens with zero attached hydrogens (tertiary/aromatic N) is 4. The average molecular weight is 552 g/mol. The van der Waals surface area contributed by atoms with E-state index in [4.69, 9.17) is 16.0 Å². The number of carbonyl (C=O) groups is 2. The summed E-state index contributed by atoms with van der Waals surface area (Å²) in [6, 6.07) is 8.27. The monoisotopic (exact) mass is 551 g/mol. The molecule has 2 heterocycles. The van der Waals surface area contributed by atoms with Crippen LogP contribution in [-0.2, 0) is 16.1 Å². The SMILES string of the molecule is [C-]#[N+]c1ccc(-c2c(-c3ccc(OC)c(F)c3)cnn2CC(=O)N2CCC[C@@H](NC(=O)OC(C)(C)C)C2)cc1F. The molecular weight excluding hydrogens is 520 g/mol. The number of rotatable bonds is 6. The number of halogens is 2. The fourth-order valence-electron chi connectivity index (χ4n) is 4.62. The summed E-state index contributed by atoms with van der Waals surface area (Å²) < 4.78 is 41.0. The van der Waals surface area contributed by atoms with Crippen molar-refractivity contribution in [1.29, 1.82) is 0 Å². The highest BCUT2D eigenvalue weighted by atomic mass is 19.1. The van der Waals surface area contributed by atoms with Crippen molar-refractivity contribution in [3.63, 3.8) is 0 Å². The molecule has 1 N–H and O–H groups in total. The van der Waals surface area contributed by atoms with Gasteiger partial charge < -0.3 is 19.7 Å². The van der Waals surface area contributed by atoms with Crippen LogP contribution >= 0.6 is 0 Å². The molecule has 9 nitrogen and oxygen atoms in total. The molecule has 40 heavy (non-hydrogen) atoms. The van der Waals surface area contributed by atoms with E-state index in [1.807, 2.05) is 0 Å². The van der Waals surface area contributed by atoms with E-state index in [1.54, 1.807) is 37.8 Å². The van der Waals surface area contributed by atoms with Crippen LogP contribution < -0.4 is 10.1 Å². The highest BCUT2D eigenvalue weighted by molar-refractivity contribution is 5.84. The third kappa shape index (κ3) is 6.57. The molecule has 2 amide bonds. The number of hydrogen-bond donors (Lipinski definition) is 1. The molecule has 210 valence electrons. The van der Waals surface area contributed by atoms with Crippen LogP contribution in [0.1, 0.15) is 33.6 Å². The standard InChI is InChI=1S/C29H31F2N5O4/c1-29(2,3)40-28(38)34-20-7-6-12-35(16-20)26(37)17-36-27(19-8-10-24(32-4)22(30)14-19)21(15-33-36)18-9-11-25(39-5)23(31)13-18/h8-11,13-15,20H,6-7,12,16-17H2,1-3,5H3,(H,34,38)/t20-/m1/s1. The number of alkyl carbamates (subject to hydrolysis) is 1. The molecule has 0 saturated carbocycles. The Hall–Kier alpha value is -4.46. The number of piperidine rings is 1. The van der Waals surface area contributed by atoms with Gasteiger partial charge in [-0.2, -0.15) is 5.10 Å². The van der Waals surface area contributed by atoms with Gasteiger partial charge in [0.25, 0.3) is 0 Å². The molecule has 0 unspecified atom stereocenters. The van der Waals surface area contributed by atoms with Crippen LogP contribution in [0.5, 0.6) is 5.75 Å². The summed E-state index contributed by atoms with van der Waals surface area (Å²) in [6.45, 7) is 13.1. The fraction of sp³-hybridized carbons (Fsp3) is 0.379. The first-order chi connectivity index (χ1) is 19.0. The van der Waals surface area contributed by atoms with Crippen molar-refractivity contribution in [2.45, 2.75) is 51.8 Å². The Morgan fingerprint density at radius 1 is 1.15 bits per heavy atom. The molecule has 0 aliphatic carbocycles. The number of likely N-dealkylation sites (tertiary alicyclic amines) is 1. The van der Waals surface area contributed by atoms with E-state index in [-0.39, 0.29) is 29.9 Å². The van der Waals surface area contributed by atoms with Crippen molar-refractivity contribution in [3.8, 4) is 28.1 Å². The Morgan fingerprint density at radius 2 is 1.88 bits per heavy atom. The summed E-state index contributed by atoms with van der Waals surface area (Å²) in [7, 11) is 1.36. The predicted molar refractivity (Wildman–Crippen MR) is 145 cm³/mol. The maximum absolute atomic E-state index is 14.6. The molecule has 2 aromatic carbocycles. The Balaban J connectivity index is 1.62. The summed E-state index contributed by atoms with van der Waals surface area (Å²) >= 11 is 0. The van der Waals surface area contributed by atoms with Crippen LogP contribution in [0, 0.1) is 18.2 Å². The fourth-order valence-corrected chi connectivity index (χ4v) is 4.62. The first kappa shape index (κ1) is 28.5. The van der Waals surface area contributed by atoms with Crippen LogP contribution in [-0.4, -0.2) is 58.5 Å². The van der Waals surface area contributed by atoms with Crippen molar-refractivity contribution in [2.24, 2.45) is 0 Å². The van der Waals surface area contributed by atoms with Gasteiger partial charge in [-0.05, 0) is 57.4 Å². The van der Waals surface area contributed by atoms with Crippen molar-refractivity contribution in [1.82, 2.24) is 20.0 Å². The van der Waals surface area contributed by atoms with Gasteiger partial charge in [-0.1, -0.05) is 18.2 Å². The highest BCUT2D eigenvalue weighted by Gasteiger charge is 2.28. The zero-order valence-corrected chi connectivity index (χ0v) is 22.8. The molecule has 0 bridgehead atoms. The molecule has 0 spiro atoms. The molecule has 0 radical (unpaired) electrons. The van der Waals surface area contributed by atoms with Crippen molar-refractivity contribution in [3.05, 3.63) is 65.6 Å². The molecule has 1 aliphatic heterocycles. The first-order valence-corrected chi connectivity index (χ1v) is 12.8. The lowest BCUT2D eigenvalue weighted by Crippen LogP contribution is -2.51. The normalized spacial score (nSPS) is 15.3. The third-order valence-corrected chi connectivity index (χ3v) is 6.42. The molecule has 1 aromatic heterocycles. The maximum atomic E-state index is 14.6. The summed E-state index contributed by atoms with van der Waals surface area (Å²) in [4.78, 5) is 30.4. The van der Waals surface area contributed by atoms with Gasteiger partial charge in [-0.15, -0.1) is 0 Å². The summed E-state index contributed by atoms with van der Waals surface area (Å²) in [5, 5.41) is 7.23. The number of hydrogen-bond acceptors (Lipinski definition) is 5. The van der Waals surface area contributed by atoms with Gasteiger partial charge >= 0.3 is 6.09 Å². The van der Waals surface area contributed by atoms with Gasteiger partial charge in [0.2, 0.25) is 11.6 Å². The first-order valence-electron chi connectivity index (χ1n) is 12.8. The molecular formula is C29H31F2N5O4. The van der Waals surface area contributed by atoms with Crippen LogP contribution in [0.3, 0.4) is 0 Å². The minimum absolute atomic E-state index is 0.0694. The molecule has 11 heteroatoms. The minimum atomic E-state index is -0.717. The van der Waals surface area contributed by atoms with E-state index in [9.17, 15) is 18.4 Å². The van der Waals surface area contributed by atoms with Gasteiger partial charge in [0.1, 0.15) is 18.0 Å². The van der Waals surface area contributed by atoms with Crippen molar-refractivity contribution >= 4 is 17.7 Å². The average Bonchev–Trinajstić information content (AvgIpc) is 3.31. The van der Waals surface area contributed by atoms with E-state index in [1.165, 1.54) is 42.3 Å². The molecule has 3 aromatic rings. The number of carbonyl (C=O) groups excluding carboxylic acids is 2. The van der Waals surface area contributed by atoms with Crippen molar-refractivity contribution < 1.29 is 27.8 Å². The summed E-state index contributed by atoms with van der Waals surface area (Å²) in [5.74, 6) is -1.47. The smallest absolute Gasteiger partial charge is 0.407 e. The summed E-state index contributed by atoms with van der Waals surface area (Å²) in [5.41, 5.74) is 0.939. The molecule has 1 atom stereocenters. The van der Waals surface area contributed by atoms with Crippen LogP contribution in [0.15, 0.2) is 42.6 Å².